The molecule has 1 amide bonds. The van der Waals surface area contributed by atoms with Gasteiger partial charge in [0.15, 0.2) is 6.10 Å². The van der Waals surface area contributed by atoms with E-state index >= 15 is 0 Å². The fraction of sp³-hybridized carbons (Fsp3) is 0.462. The van der Waals surface area contributed by atoms with Crippen LogP contribution in [-0.2, 0) is 16.0 Å². The van der Waals surface area contributed by atoms with Crippen LogP contribution < -0.4 is 14.2 Å². The number of amides is 1. The maximum absolute atomic E-state index is 12.7. The van der Waals surface area contributed by atoms with Gasteiger partial charge in [0.2, 0.25) is 0 Å². The molecule has 1 N–H and O–H groups in total. The molecule has 0 aromatic heterocycles. The van der Waals surface area contributed by atoms with Gasteiger partial charge in [-0.1, -0.05) is 26.0 Å². The van der Waals surface area contributed by atoms with Crippen LogP contribution in [0.25, 0.3) is 0 Å². The second kappa shape index (κ2) is 14.1. The highest BCUT2D eigenvalue weighted by molar-refractivity contribution is 5.72. The highest BCUT2D eigenvalue weighted by Gasteiger charge is 2.18. The number of carbonyl (C=O) groups excluding carboxylic acids is 1. The summed E-state index contributed by atoms with van der Waals surface area (Å²) >= 11 is 0. The zero-order valence-electron chi connectivity index (χ0n) is 20.4. The van der Waals surface area contributed by atoms with Gasteiger partial charge in [0, 0.05) is 19.6 Å². The summed E-state index contributed by atoms with van der Waals surface area (Å²) in [7, 11) is 1.58. The highest BCUT2D eigenvalue weighted by atomic mass is 16.6. The maximum atomic E-state index is 12.7. The predicted molar refractivity (Wildman–Crippen MR) is 129 cm³/mol. The number of rotatable bonds is 14. The van der Waals surface area contributed by atoms with E-state index in [2.05, 4.69) is 13.8 Å². The SMILES string of the molecule is CCOC(Cc1ccc(OCCN(CCC(C)C)C(=O)Oc2ccc(OC)cc2)cc1)C(=O)O. The molecule has 186 valence electrons. The molecule has 34 heavy (non-hydrogen) atoms. The number of methoxy groups -OCH3 is 1. The van der Waals surface area contributed by atoms with E-state index in [9.17, 15) is 14.7 Å². The first-order valence-electron chi connectivity index (χ1n) is 11.5. The third-order valence-corrected chi connectivity index (χ3v) is 5.12. The van der Waals surface area contributed by atoms with E-state index in [1.807, 2.05) is 12.1 Å². The molecule has 0 fully saturated rings. The Morgan fingerprint density at radius 2 is 1.56 bits per heavy atom. The van der Waals surface area contributed by atoms with Gasteiger partial charge in [-0.2, -0.15) is 0 Å². The van der Waals surface area contributed by atoms with Crippen molar-refractivity contribution in [2.45, 2.75) is 39.7 Å². The van der Waals surface area contributed by atoms with Gasteiger partial charge in [-0.15, -0.1) is 0 Å². The lowest BCUT2D eigenvalue weighted by molar-refractivity contribution is -0.149. The van der Waals surface area contributed by atoms with Crippen molar-refractivity contribution < 1.29 is 33.6 Å². The number of hydrogen-bond acceptors (Lipinski definition) is 6. The Labute approximate surface area is 201 Å². The summed E-state index contributed by atoms with van der Waals surface area (Å²) in [6.07, 6.45) is -0.177. The van der Waals surface area contributed by atoms with Gasteiger partial charge in [-0.25, -0.2) is 9.59 Å². The molecule has 0 aliphatic heterocycles. The molecule has 8 nitrogen and oxygen atoms in total. The molecule has 0 radical (unpaired) electrons. The van der Waals surface area contributed by atoms with E-state index in [-0.39, 0.29) is 6.42 Å². The predicted octanol–water partition coefficient (Wildman–Crippen LogP) is 4.65. The highest BCUT2D eigenvalue weighted by Crippen LogP contribution is 2.19. The minimum Gasteiger partial charge on any atom is -0.497 e. The molecule has 1 unspecified atom stereocenters. The van der Waals surface area contributed by atoms with E-state index in [0.717, 1.165) is 12.0 Å². The molecular weight excluding hydrogens is 438 g/mol. The molecule has 2 rings (SSSR count). The standard InChI is InChI=1S/C26H35NO7/c1-5-32-24(25(28)29)18-20-6-8-22(9-7-20)33-17-16-27(15-14-19(2)3)26(30)34-23-12-10-21(31-4)11-13-23/h6-13,19,24H,5,14-18H2,1-4H3,(H,28,29). The van der Waals surface area contributed by atoms with Crippen molar-refractivity contribution in [2.75, 3.05) is 33.4 Å². The van der Waals surface area contributed by atoms with Crippen LogP contribution in [0.1, 0.15) is 32.8 Å². The largest absolute Gasteiger partial charge is 0.497 e. The molecule has 2 aromatic carbocycles. The van der Waals surface area contributed by atoms with Crippen molar-refractivity contribution >= 4 is 12.1 Å². The summed E-state index contributed by atoms with van der Waals surface area (Å²) in [5, 5.41) is 9.23. The number of aliphatic carboxylic acids is 1. The first kappa shape index (κ1) is 27.0. The molecule has 8 heteroatoms. The van der Waals surface area contributed by atoms with Crippen LogP contribution in [0.5, 0.6) is 17.2 Å². The average molecular weight is 474 g/mol. The molecular formula is C26H35NO7. The molecule has 0 saturated heterocycles. The van der Waals surface area contributed by atoms with Crippen molar-refractivity contribution in [3.05, 3.63) is 54.1 Å². The minimum atomic E-state index is -0.981. The van der Waals surface area contributed by atoms with Gasteiger partial charge in [0.05, 0.1) is 13.7 Å². The Morgan fingerprint density at radius 1 is 0.941 bits per heavy atom. The smallest absolute Gasteiger partial charge is 0.415 e. The molecule has 0 bridgehead atoms. The summed E-state index contributed by atoms with van der Waals surface area (Å²) < 4.78 is 21.7. The van der Waals surface area contributed by atoms with Gasteiger partial charge in [0.25, 0.3) is 0 Å². The molecule has 0 spiro atoms. The van der Waals surface area contributed by atoms with E-state index in [1.54, 1.807) is 55.3 Å². The van der Waals surface area contributed by atoms with Crippen molar-refractivity contribution in [3.8, 4) is 17.2 Å². The molecule has 0 saturated carbocycles. The normalized spacial score (nSPS) is 11.7. The Hall–Kier alpha value is -3.26. The van der Waals surface area contributed by atoms with E-state index in [4.69, 9.17) is 18.9 Å². The number of ether oxygens (including phenoxy) is 4. The van der Waals surface area contributed by atoms with Crippen molar-refractivity contribution in [1.29, 1.82) is 0 Å². The Kier molecular flexibility index (Phi) is 11.2. The third kappa shape index (κ3) is 9.31. The second-order valence-corrected chi connectivity index (χ2v) is 8.19. The maximum Gasteiger partial charge on any atom is 0.415 e. The minimum absolute atomic E-state index is 0.281. The van der Waals surface area contributed by atoms with Gasteiger partial charge in [-0.05, 0) is 61.2 Å². The third-order valence-electron chi connectivity index (χ3n) is 5.12. The monoisotopic (exact) mass is 473 g/mol. The quantitative estimate of drug-likeness (QED) is 0.427. The van der Waals surface area contributed by atoms with Gasteiger partial charge < -0.3 is 29.0 Å². The average Bonchev–Trinajstić information content (AvgIpc) is 2.82. The van der Waals surface area contributed by atoms with Crippen LogP contribution in [0, 0.1) is 5.92 Å². The summed E-state index contributed by atoms with van der Waals surface area (Å²) in [6, 6.07) is 14.1. The van der Waals surface area contributed by atoms with Crippen LogP contribution in [0.4, 0.5) is 4.79 Å². The van der Waals surface area contributed by atoms with Crippen molar-refractivity contribution in [3.63, 3.8) is 0 Å². The summed E-state index contributed by atoms with van der Waals surface area (Å²) in [4.78, 5) is 25.6. The number of benzene rings is 2. The number of carboxylic acid groups (broad SMARTS) is 1. The Bertz CT molecular complexity index is 881. The van der Waals surface area contributed by atoms with Crippen LogP contribution in [0.15, 0.2) is 48.5 Å². The number of nitrogens with zero attached hydrogens (tertiary/aromatic N) is 1. The molecule has 1 atom stereocenters. The Balaban J connectivity index is 1.91. The summed E-state index contributed by atoms with van der Waals surface area (Å²) in [5.74, 6) is 1.23. The fourth-order valence-electron chi connectivity index (χ4n) is 3.15. The van der Waals surface area contributed by atoms with Gasteiger partial charge in [0.1, 0.15) is 23.9 Å². The zero-order chi connectivity index (χ0) is 24.9. The molecule has 0 heterocycles. The van der Waals surface area contributed by atoms with E-state index in [0.29, 0.717) is 49.5 Å². The lowest BCUT2D eigenvalue weighted by Crippen LogP contribution is -2.38. The summed E-state index contributed by atoms with van der Waals surface area (Å²) in [5.41, 5.74) is 0.842. The van der Waals surface area contributed by atoms with E-state index in [1.165, 1.54) is 0 Å². The van der Waals surface area contributed by atoms with Crippen LogP contribution in [0.2, 0.25) is 0 Å². The topological polar surface area (TPSA) is 94.5 Å². The van der Waals surface area contributed by atoms with Crippen LogP contribution >= 0.6 is 0 Å². The van der Waals surface area contributed by atoms with Crippen LogP contribution in [-0.4, -0.2) is 61.6 Å². The number of carbonyl (C=O) groups is 2. The zero-order valence-corrected chi connectivity index (χ0v) is 20.4. The second-order valence-electron chi connectivity index (χ2n) is 8.19. The van der Waals surface area contributed by atoms with Crippen molar-refractivity contribution in [1.82, 2.24) is 4.90 Å². The molecule has 0 aliphatic carbocycles. The molecule has 0 aliphatic rings. The summed E-state index contributed by atoms with van der Waals surface area (Å²) in [6.45, 7) is 7.54. The molecule has 2 aromatic rings. The lowest BCUT2D eigenvalue weighted by Gasteiger charge is -2.23. The first-order chi connectivity index (χ1) is 16.3. The van der Waals surface area contributed by atoms with Gasteiger partial charge >= 0.3 is 12.1 Å². The lowest BCUT2D eigenvalue weighted by atomic mass is 10.1. The Morgan fingerprint density at radius 3 is 2.12 bits per heavy atom. The van der Waals surface area contributed by atoms with Gasteiger partial charge in [-0.3, -0.25) is 0 Å². The first-order valence-corrected chi connectivity index (χ1v) is 11.5. The van der Waals surface area contributed by atoms with E-state index < -0.39 is 18.2 Å². The van der Waals surface area contributed by atoms with Crippen LogP contribution in [0.3, 0.4) is 0 Å². The number of carboxylic acids is 1. The van der Waals surface area contributed by atoms with Crippen molar-refractivity contribution in [2.24, 2.45) is 5.92 Å². The number of hydrogen-bond donors (Lipinski definition) is 1. The fourth-order valence-corrected chi connectivity index (χ4v) is 3.15.